The molecule has 1 aliphatic heterocycles. The predicted molar refractivity (Wildman–Crippen MR) is 116 cm³/mol. The number of hydrogen-bond donors (Lipinski definition) is 1. The van der Waals surface area contributed by atoms with Gasteiger partial charge in [0.25, 0.3) is 0 Å². The fourth-order valence-corrected chi connectivity index (χ4v) is 4.82. The summed E-state index contributed by atoms with van der Waals surface area (Å²) in [6.07, 6.45) is 1.74. The molecule has 2 aromatic carbocycles. The van der Waals surface area contributed by atoms with E-state index < -0.39 is 15.8 Å². The van der Waals surface area contributed by atoms with E-state index in [-0.39, 0.29) is 5.75 Å². The van der Waals surface area contributed by atoms with Gasteiger partial charge in [-0.3, -0.25) is 4.90 Å². The number of rotatable bonds is 9. The molecule has 3 rings (SSSR count). The zero-order valence-corrected chi connectivity index (χ0v) is 17.8. The molecule has 0 unspecified atom stereocenters. The largest absolute Gasteiger partial charge is 0.369 e. The van der Waals surface area contributed by atoms with E-state index in [4.69, 9.17) is 0 Å². The van der Waals surface area contributed by atoms with Gasteiger partial charge in [-0.2, -0.15) is 0 Å². The summed E-state index contributed by atoms with van der Waals surface area (Å²) in [4.78, 5) is 4.86. The smallest absolute Gasteiger partial charge is 0.215 e. The highest BCUT2D eigenvalue weighted by Gasteiger charge is 2.17. The maximum Gasteiger partial charge on any atom is 0.215 e. The van der Waals surface area contributed by atoms with Crippen molar-refractivity contribution >= 4 is 15.7 Å². The van der Waals surface area contributed by atoms with Crippen molar-refractivity contribution in [2.24, 2.45) is 0 Å². The maximum atomic E-state index is 13.2. The summed E-state index contributed by atoms with van der Waals surface area (Å²) in [6, 6.07) is 14.3. The molecule has 0 spiro atoms. The maximum absolute atomic E-state index is 13.2. The summed E-state index contributed by atoms with van der Waals surface area (Å²) in [5, 5.41) is 0. The predicted octanol–water partition coefficient (Wildman–Crippen LogP) is 3.16. The summed E-state index contributed by atoms with van der Waals surface area (Å²) in [5.74, 6) is -0.605. The molecular formula is C22H30FN3O2S. The van der Waals surface area contributed by atoms with Crippen molar-refractivity contribution in [1.29, 1.82) is 0 Å². The highest BCUT2D eigenvalue weighted by molar-refractivity contribution is 7.88. The highest BCUT2D eigenvalue weighted by atomic mass is 32.2. The summed E-state index contributed by atoms with van der Waals surface area (Å²) in [7, 11) is -3.44. The van der Waals surface area contributed by atoms with Crippen LogP contribution in [-0.4, -0.2) is 52.6 Å². The van der Waals surface area contributed by atoms with Gasteiger partial charge in [0.15, 0.2) is 0 Å². The molecule has 1 heterocycles. The lowest BCUT2D eigenvalue weighted by Crippen LogP contribution is -2.46. The third kappa shape index (κ3) is 7.10. The van der Waals surface area contributed by atoms with Crippen molar-refractivity contribution < 1.29 is 12.8 Å². The van der Waals surface area contributed by atoms with E-state index in [2.05, 4.69) is 45.7 Å². The second-order valence-corrected chi connectivity index (χ2v) is 9.46. The molecule has 0 radical (unpaired) electrons. The number of sulfonamides is 1. The fourth-order valence-electron chi connectivity index (χ4n) is 3.64. The van der Waals surface area contributed by atoms with E-state index in [1.807, 2.05) is 0 Å². The minimum Gasteiger partial charge on any atom is -0.369 e. The molecule has 1 fully saturated rings. The van der Waals surface area contributed by atoms with Gasteiger partial charge in [0, 0.05) is 38.4 Å². The van der Waals surface area contributed by atoms with Crippen LogP contribution in [0, 0.1) is 12.7 Å². The molecule has 7 heteroatoms. The van der Waals surface area contributed by atoms with Crippen molar-refractivity contribution in [3.8, 4) is 0 Å². The van der Waals surface area contributed by atoms with Gasteiger partial charge in [-0.15, -0.1) is 0 Å². The lowest BCUT2D eigenvalue weighted by molar-refractivity contribution is 0.253. The molecule has 0 aliphatic carbocycles. The van der Waals surface area contributed by atoms with Gasteiger partial charge in [0.05, 0.1) is 5.75 Å². The minimum atomic E-state index is -3.44. The molecule has 0 saturated carbocycles. The second-order valence-electron chi connectivity index (χ2n) is 7.66. The first-order chi connectivity index (χ1) is 13.9. The molecular weight excluding hydrogens is 389 g/mol. The molecule has 1 aliphatic rings. The molecule has 1 saturated heterocycles. The molecule has 0 atom stereocenters. The Hall–Kier alpha value is -1.96. The Morgan fingerprint density at radius 2 is 1.76 bits per heavy atom. The van der Waals surface area contributed by atoms with Gasteiger partial charge in [-0.25, -0.2) is 17.5 Å². The summed E-state index contributed by atoms with van der Waals surface area (Å²) in [5.41, 5.74) is 3.03. The number of halogens is 1. The number of nitrogens with zero attached hydrogens (tertiary/aromatic N) is 2. The van der Waals surface area contributed by atoms with Crippen LogP contribution in [0.1, 0.15) is 24.0 Å². The van der Waals surface area contributed by atoms with Gasteiger partial charge >= 0.3 is 0 Å². The Labute approximate surface area is 173 Å². The van der Waals surface area contributed by atoms with Crippen molar-refractivity contribution in [2.75, 3.05) is 44.2 Å². The first kappa shape index (κ1) is 21.7. The van der Waals surface area contributed by atoms with Crippen LogP contribution in [0.25, 0.3) is 0 Å². The Balaban J connectivity index is 1.32. The van der Waals surface area contributed by atoms with Crippen molar-refractivity contribution in [2.45, 2.75) is 25.5 Å². The molecule has 0 amide bonds. The summed E-state index contributed by atoms with van der Waals surface area (Å²) < 4.78 is 40.1. The Morgan fingerprint density at radius 3 is 2.48 bits per heavy atom. The van der Waals surface area contributed by atoms with Gasteiger partial charge in [-0.1, -0.05) is 24.3 Å². The van der Waals surface area contributed by atoms with Crippen molar-refractivity contribution in [3.05, 3.63) is 65.5 Å². The number of aryl methyl sites for hydroxylation is 1. The molecule has 158 valence electrons. The Kier molecular flexibility index (Phi) is 7.64. The van der Waals surface area contributed by atoms with Crippen LogP contribution in [0.2, 0.25) is 0 Å². The number of nitrogens with one attached hydrogen (secondary N) is 1. The van der Waals surface area contributed by atoms with Crippen LogP contribution >= 0.6 is 0 Å². The molecule has 2 aromatic rings. The molecule has 0 bridgehead atoms. The lowest BCUT2D eigenvalue weighted by Gasteiger charge is -2.36. The van der Waals surface area contributed by atoms with E-state index >= 15 is 0 Å². The van der Waals surface area contributed by atoms with E-state index in [9.17, 15) is 12.8 Å². The van der Waals surface area contributed by atoms with Crippen LogP contribution < -0.4 is 9.62 Å². The zero-order chi connectivity index (χ0) is 20.7. The minimum absolute atomic E-state index is 0.189. The van der Waals surface area contributed by atoms with Gasteiger partial charge in [0.2, 0.25) is 10.0 Å². The van der Waals surface area contributed by atoms with Gasteiger partial charge in [-0.05, 0) is 61.7 Å². The van der Waals surface area contributed by atoms with Crippen LogP contribution in [0.15, 0.2) is 48.5 Å². The molecule has 1 N–H and O–H groups in total. The van der Waals surface area contributed by atoms with Crippen LogP contribution in [0.5, 0.6) is 0 Å². The van der Waals surface area contributed by atoms with Crippen molar-refractivity contribution in [3.63, 3.8) is 0 Å². The Bertz CT molecular complexity index is 896. The SMILES string of the molecule is Cc1cccc(N2CCN(CCCCNS(=O)(=O)Cc3cccc(F)c3)CC2)c1. The fraction of sp³-hybridized carbons (Fsp3) is 0.455. The topological polar surface area (TPSA) is 52.6 Å². The number of anilines is 1. The number of benzene rings is 2. The number of unbranched alkanes of at least 4 members (excludes halogenated alkanes) is 1. The van der Waals surface area contributed by atoms with E-state index in [1.165, 1.54) is 29.4 Å². The van der Waals surface area contributed by atoms with Gasteiger partial charge in [0.1, 0.15) is 5.82 Å². The van der Waals surface area contributed by atoms with E-state index in [1.54, 1.807) is 6.07 Å². The van der Waals surface area contributed by atoms with E-state index in [0.29, 0.717) is 12.1 Å². The quantitative estimate of drug-likeness (QED) is 0.635. The monoisotopic (exact) mass is 419 g/mol. The summed E-state index contributed by atoms with van der Waals surface area (Å²) >= 11 is 0. The van der Waals surface area contributed by atoms with Crippen molar-refractivity contribution in [1.82, 2.24) is 9.62 Å². The summed E-state index contributed by atoms with van der Waals surface area (Å²) in [6.45, 7) is 7.60. The average molecular weight is 420 g/mol. The van der Waals surface area contributed by atoms with E-state index in [0.717, 1.165) is 45.6 Å². The first-order valence-electron chi connectivity index (χ1n) is 10.2. The first-order valence-corrected chi connectivity index (χ1v) is 11.8. The zero-order valence-electron chi connectivity index (χ0n) is 17.0. The molecule has 0 aromatic heterocycles. The van der Waals surface area contributed by atoms with Crippen LogP contribution in [-0.2, 0) is 15.8 Å². The highest BCUT2D eigenvalue weighted by Crippen LogP contribution is 2.18. The van der Waals surface area contributed by atoms with Crippen LogP contribution in [0.4, 0.5) is 10.1 Å². The molecule has 5 nitrogen and oxygen atoms in total. The lowest BCUT2D eigenvalue weighted by atomic mass is 10.2. The second kappa shape index (κ2) is 10.2. The van der Waals surface area contributed by atoms with Crippen LogP contribution in [0.3, 0.4) is 0 Å². The number of piperazine rings is 1. The average Bonchev–Trinajstić information content (AvgIpc) is 2.68. The normalized spacial score (nSPS) is 15.6. The standard InChI is InChI=1S/C22H30FN3O2S/c1-19-6-4-9-22(16-19)26-14-12-25(13-15-26)11-3-2-10-24-29(27,28)18-20-7-5-8-21(23)17-20/h4-9,16-17,24H,2-3,10-15,18H2,1H3. The number of hydrogen-bond acceptors (Lipinski definition) is 4. The third-order valence-electron chi connectivity index (χ3n) is 5.21. The third-order valence-corrected chi connectivity index (χ3v) is 6.57. The Morgan fingerprint density at radius 1 is 1.00 bits per heavy atom. The molecule has 29 heavy (non-hydrogen) atoms. The van der Waals surface area contributed by atoms with Gasteiger partial charge < -0.3 is 4.90 Å².